The van der Waals surface area contributed by atoms with Gasteiger partial charge in [0, 0.05) is 23.9 Å². The highest BCUT2D eigenvalue weighted by Gasteiger charge is 2.11. The number of fused-ring (bicyclic) bond motifs is 1. The average molecular weight is 608 g/mol. The van der Waals surface area contributed by atoms with Crippen molar-refractivity contribution in [1.29, 1.82) is 0 Å². The molecule has 4 aromatic rings. The molecule has 0 aromatic heterocycles. The van der Waals surface area contributed by atoms with Gasteiger partial charge in [0.25, 0.3) is 0 Å². The molecule has 11 heteroatoms. The Morgan fingerprint density at radius 3 is 2.12 bits per heavy atom. The van der Waals surface area contributed by atoms with Gasteiger partial charge in [-0.15, -0.1) is 0 Å². The standard InChI is InChI=1S/C32H35N3O3.H3O4P/c36-32(33-23-25-9-3-1-4-10-25)34-30-17-18-31(29-12-6-5-11-28(29)30)38-24-26-13-15-27(16-14-26)37-22-21-35-19-7-2-8-20-35;1-5(2,3)4/h1,3-6,9-18H,2,7-8,19-24H2,(H2,33,34,36);(H3,1,2,3,4). The molecule has 0 radical (unpaired) electrons. The number of ether oxygens (including phenoxy) is 2. The lowest BCUT2D eigenvalue weighted by Gasteiger charge is -2.26. The van der Waals surface area contributed by atoms with Crippen molar-refractivity contribution in [2.24, 2.45) is 0 Å². The number of carbonyl (C=O) groups excluding carboxylic acids is 1. The highest BCUT2D eigenvalue weighted by Crippen LogP contribution is 2.32. The summed E-state index contributed by atoms with van der Waals surface area (Å²) in [6.07, 6.45) is 3.95. The lowest BCUT2D eigenvalue weighted by Crippen LogP contribution is -2.33. The van der Waals surface area contributed by atoms with Crippen LogP contribution in [0.4, 0.5) is 10.5 Å². The summed E-state index contributed by atoms with van der Waals surface area (Å²) in [6.45, 7) is 4.99. The second-order valence-corrected chi connectivity index (χ2v) is 11.2. The first-order chi connectivity index (χ1) is 20.7. The van der Waals surface area contributed by atoms with Crippen molar-refractivity contribution in [2.45, 2.75) is 32.4 Å². The number of carbonyl (C=O) groups is 1. The summed E-state index contributed by atoms with van der Waals surface area (Å²) in [5.41, 5.74) is 2.86. The molecule has 228 valence electrons. The van der Waals surface area contributed by atoms with Gasteiger partial charge in [-0.1, -0.05) is 73.2 Å². The first kappa shape index (κ1) is 32.0. The molecule has 0 saturated carbocycles. The van der Waals surface area contributed by atoms with E-state index in [-0.39, 0.29) is 6.03 Å². The predicted molar refractivity (Wildman–Crippen MR) is 167 cm³/mol. The fourth-order valence-electron chi connectivity index (χ4n) is 4.77. The molecule has 0 unspecified atom stereocenters. The van der Waals surface area contributed by atoms with E-state index in [0.717, 1.165) is 45.6 Å². The van der Waals surface area contributed by atoms with Crippen LogP contribution in [0.25, 0.3) is 10.8 Å². The summed E-state index contributed by atoms with van der Waals surface area (Å²) in [5.74, 6) is 1.66. The minimum atomic E-state index is -4.64. The summed E-state index contributed by atoms with van der Waals surface area (Å²) in [4.78, 5) is 36.6. The van der Waals surface area contributed by atoms with Crippen LogP contribution in [-0.2, 0) is 17.7 Å². The van der Waals surface area contributed by atoms with Gasteiger partial charge < -0.3 is 34.8 Å². The van der Waals surface area contributed by atoms with Gasteiger partial charge in [-0.3, -0.25) is 4.90 Å². The topological polar surface area (TPSA) is 141 Å². The number of likely N-dealkylation sites (tertiary alicyclic amines) is 1. The first-order valence-electron chi connectivity index (χ1n) is 14.2. The number of rotatable bonds is 10. The number of phosphoric acid groups is 1. The molecule has 4 aromatic carbocycles. The summed E-state index contributed by atoms with van der Waals surface area (Å²) in [6, 6.07) is 29.5. The van der Waals surface area contributed by atoms with Crippen molar-refractivity contribution in [3.63, 3.8) is 0 Å². The minimum Gasteiger partial charge on any atom is -0.492 e. The van der Waals surface area contributed by atoms with Gasteiger partial charge in [0.15, 0.2) is 0 Å². The predicted octanol–water partition coefficient (Wildman–Crippen LogP) is 5.68. The molecule has 2 amide bonds. The average Bonchev–Trinajstić information content (AvgIpc) is 3.00. The van der Waals surface area contributed by atoms with Crippen molar-refractivity contribution < 1.29 is 33.5 Å². The molecule has 0 bridgehead atoms. The molecule has 1 aliphatic heterocycles. The smallest absolute Gasteiger partial charge is 0.466 e. The molecule has 1 saturated heterocycles. The van der Waals surface area contributed by atoms with Crippen LogP contribution in [0.1, 0.15) is 30.4 Å². The molecule has 0 aliphatic carbocycles. The molecule has 5 rings (SSSR count). The number of piperidine rings is 1. The van der Waals surface area contributed by atoms with Gasteiger partial charge in [-0.2, -0.15) is 0 Å². The zero-order chi connectivity index (χ0) is 30.5. The van der Waals surface area contributed by atoms with Crippen LogP contribution in [0.2, 0.25) is 0 Å². The highest BCUT2D eigenvalue weighted by molar-refractivity contribution is 7.45. The SMILES string of the molecule is O=C(NCc1ccccc1)Nc1ccc(OCc2ccc(OCCN3CCCCC3)cc2)c2ccccc12.O=P(O)(O)O. The maximum Gasteiger partial charge on any atom is 0.466 e. The molecule has 0 spiro atoms. The van der Waals surface area contributed by atoms with Crippen molar-refractivity contribution in [1.82, 2.24) is 10.2 Å². The number of hydrogen-bond donors (Lipinski definition) is 5. The van der Waals surface area contributed by atoms with Crippen LogP contribution < -0.4 is 20.1 Å². The number of nitrogens with zero attached hydrogens (tertiary/aromatic N) is 1. The Kier molecular flexibility index (Phi) is 12.0. The molecule has 1 aliphatic rings. The van der Waals surface area contributed by atoms with Crippen molar-refractivity contribution >= 4 is 30.3 Å². The summed E-state index contributed by atoms with van der Waals surface area (Å²) >= 11 is 0. The van der Waals surface area contributed by atoms with E-state index in [1.54, 1.807) is 0 Å². The second kappa shape index (κ2) is 16.1. The number of anilines is 1. The molecule has 1 fully saturated rings. The zero-order valence-corrected chi connectivity index (χ0v) is 24.8. The Hall–Kier alpha value is -3.92. The van der Waals surface area contributed by atoms with E-state index in [2.05, 4.69) is 15.5 Å². The van der Waals surface area contributed by atoms with Crippen LogP contribution in [-0.4, -0.2) is 51.9 Å². The summed E-state index contributed by atoms with van der Waals surface area (Å²) in [7, 11) is -4.64. The quantitative estimate of drug-likeness (QED) is 0.145. The molecular weight excluding hydrogens is 569 g/mol. The molecule has 0 atom stereocenters. The largest absolute Gasteiger partial charge is 0.492 e. The van der Waals surface area contributed by atoms with Crippen LogP contribution >= 0.6 is 7.82 Å². The van der Waals surface area contributed by atoms with Gasteiger partial charge in [0.1, 0.15) is 24.7 Å². The van der Waals surface area contributed by atoms with E-state index in [4.69, 9.17) is 28.7 Å². The van der Waals surface area contributed by atoms with Crippen molar-refractivity contribution in [2.75, 3.05) is 31.6 Å². The Labute approximate surface area is 251 Å². The monoisotopic (exact) mass is 607 g/mol. The summed E-state index contributed by atoms with van der Waals surface area (Å²) in [5, 5.41) is 7.77. The minimum absolute atomic E-state index is 0.245. The lowest BCUT2D eigenvalue weighted by molar-refractivity contribution is 0.183. The van der Waals surface area contributed by atoms with Gasteiger partial charge in [-0.05, 0) is 61.3 Å². The van der Waals surface area contributed by atoms with Gasteiger partial charge in [0.05, 0.1) is 5.69 Å². The highest BCUT2D eigenvalue weighted by atomic mass is 31.2. The van der Waals surface area contributed by atoms with Crippen LogP contribution in [0.15, 0.2) is 91.0 Å². The first-order valence-corrected chi connectivity index (χ1v) is 15.8. The lowest BCUT2D eigenvalue weighted by atomic mass is 10.1. The third-order valence-corrected chi connectivity index (χ3v) is 6.87. The van der Waals surface area contributed by atoms with E-state index in [0.29, 0.717) is 19.8 Å². The fourth-order valence-corrected chi connectivity index (χ4v) is 4.77. The zero-order valence-electron chi connectivity index (χ0n) is 23.9. The van der Waals surface area contributed by atoms with Gasteiger partial charge in [0.2, 0.25) is 0 Å². The van der Waals surface area contributed by atoms with E-state index in [1.807, 2.05) is 91.0 Å². The van der Waals surface area contributed by atoms with E-state index >= 15 is 0 Å². The fraction of sp³-hybridized carbons (Fsp3) is 0.281. The maximum atomic E-state index is 12.5. The van der Waals surface area contributed by atoms with Crippen LogP contribution in [0.3, 0.4) is 0 Å². The molecular formula is C32H38N3O7P. The van der Waals surface area contributed by atoms with Gasteiger partial charge in [-0.25, -0.2) is 9.36 Å². The normalized spacial score (nSPS) is 13.5. The molecule has 10 nitrogen and oxygen atoms in total. The van der Waals surface area contributed by atoms with Crippen LogP contribution in [0.5, 0.6) is 11.5 Å². The van der Waals surface area contributed by atoms with Crippen molar-refractivity contribution in [3.05, 3.63) is 102 Å². The second-order valence-electron chi connectivity index (χ2n) is 10.1. The number of urea groups is 1. The van der Waals surface area contributed by atoms with Crippen molar-refractivity contribution in [3.8, 4) is 11.5 Å². The van der Waals surface area contributed by atoms with E-state index < -0.39 is 7.82 Å². The molecule has 1 heterocycles. The molecule has 5 N–H and O–H groups in total. The van der Waals surface area contributed by atoms with Crippen LogP contribution in [0, 0.1) is 0 Å². The third-order valence-electron chi connectivity index (χ3n) is 6.87. The van der Waals surface area contributed by atoms with Gasteiger partial charge >= 0.3 is 13.9 Å². The number of benzene rings is 4. The summed E-state index contributed by atoms with van der Waals surface area (Å²) < 4.78 is 21.0. The Balaban J connectivity index is 0.000000782. The number of amides is 2. The Morgan fingerprint density at radius 2 is 1.42 bits per heavy atom. The maximum absolute atomic E-state index is 12.5. The third kappa shape index (κ3) is 11.4. The van der Waals surface area contributed by atoms with E-state index in [1.165, 1.54) is 32.4 Å². The van der Waals surface area contributed by atoms with E-state index in [9.17, 15) is 4.79 Å². The Bertz CT molecular complexity index is 1480. The molecule has 43 heavy (non-hydrogen) atoms. The Morgan fingerprint density at radius 1 is 0.767 bits per heavy atom. The number of hydrogen-bond acceptors (Lipinski definition) is 5. The number of nitrogens with one attached hydrogen (secondary N) is 2.